The standard InChI is InChI=1S/C23H31NO3/c1-3-5-7-10-18-26-20-15-13-19(14-16-20)24-23(25)21-11-8-9-12-22(21)27-17-6-4-2/h8-9,11-16H,3-7,10,17-18H2,1-2H3,(H,24,25). The summed E-state index contributed by atoms with van der Waals surface area (Å²) < 4.78 is 11.5. The van der Waals surface area contributed by atoms with E-state index in [9.17, 15) is 4.79 Å². The lowest BCUT2D eigenvalue weighted by molar-refractivity contribution is 0.102. The minimum absolute atomic E-state index is 0.171. The molecular weight excluding hydrogens is 338 g/mol. The number of carbonyl (C=O) groups excluding carboxylic acids is 1. The number of benzene rings is 2. The summed E-state index contributed by atoms with van der Waals surface area (Å²) in [6, 6.07) is 14.8. The van der Waals surface area contributed by atoms with Crippen LogP contribution in [0.2, 0.25) is 0 Å². The summed E-state index contributed by atoms with van der Waals surface area (Å²) in [5.41, 5.74) is 1.28. The van der Waals surface area contributed by atoms with E-state index in [0.717, 1.165) is 37.3 Å². The Balaban J connectivity index is 1.88. The van der Waals surface area contributed by atoms with Crippen LogP contribution in [0.4, 0.5) is 5.69 Å². The van der Waals surface area contributed by atoms with Crippen molar-refractivity contribution in [2.24, 2.45) is 0 Å². The molecule has 0 spiro atoms. The van der Waals surface area contributed by atoms with Crippen molar-refractivity contribution in [3.05, 3.63) is 54.1 Å². The number of anilines is 1. The number of rotatable bonds is 12. The number of carbonyl (C=O) groups is 1. The van der Waals surface area contributed by atoms with Crippen molar-refractivity contribution in [2.75, 3.05) is 18.5 Å². The minimum atomic E-state index is -0.171. The summed E-state index contributed by atoms with van der Waals surface area (Å²) >= 11 is 0. The summed E-state index contributed by atoms with van der Waals surface area (Å²) in [7, 11) is 0. The number of nitrogens with one attached hydrogen (secondary N) is 1. The molecule has 0 aliphatic rings. The third-order valence-electron chi connectivity index (χ3n) is 4.27. The van der Waals surface area contributed by atoms with E-state index in [1.807, 2.05) is 42.5 Å². The van der Waals surface area contributed by atoms with Crippen molar-refractivity contribution in [2.45, 2.75) is 52.4 Å². The first-order valence-corrected chi connectivity index (χ1v) is 10.0. The summed E-state index contributed by atoms with van der Waals surface area (Å²) in [5, 5.41) is 2.93. The molecule has 0 aliphatic heterocycles. The zero-order chi connectivity index (χ0) is 19.3. The molecule has 0 bridgehead atoms. The van der Waals surface area contributed by atoms with Gasteiger partial charge in [0.15, 0.2) is 0 Å². The molecule has 1 N–H and O–H groups in total. The molecule has 146 valence electrons. The second-order valence-electron chi connectivity index (χ2n) is 6.59. The fourth-order valence-electron chi connectivity index (χ4n) is 2.66. The number of amides is 1. The molecule has 0 aliphatic carbocycles. The van der Waals surface area contributed by atoms with E-state index >= 15 is 0 Å². The van der Waals surface area contributed by atoms with Crippen molar-refractivity contribution < 1.29 is 14.3 Å². The van der Waals surface area contributed by atoms with E-state index in [1.54, 1.807) is 6.07 Å². The Morgan fingerprint density at radius 3 is 2.26 bits per heavy atom. The molecule has 0 heterocycles. The first-order chi connectivity index (χ1) is 13.2. The second-order valence-corrected chi connectivity index (χ2v) is 6.59. The Hall–Kier alpha value is -2.49. The molecule has 0 atom stereocenters. The number of hydrogen-bond donors (Lipinski definition) is 1. The summed E-state index contributed by atoms with van der Waals surface area (Å²) in [6.45, 7) is 5.66. The molecule has 2 aromatic carbocycles. The van der Waals surface area contributed by atoms with Crippen LogP contribution in [0.25, 0.3) is 0 Å². The van der Waals surface area contributed by atoms with E-state index in [1.165, 1.54) is 19.3 Å². The van der Waals surface area contributed by atoms with Gasteiger partial charge in [-0.15, -0.1) is 0 Å². The van der Waals surface area contributed by atoms with E-state index in [4.69, 9.17) is 9.47 Å². The molecule has 4 heteroatoms. The van der Waals surface area contributed by atoms with Crippen molar-refractivity contribution in [3.8, 4) is 11.5 Å². The van der Waals surface area contributed by atoms with Crippen molar-refractivity contribution in [1.82, 2.24) is 0 Å². The van der Waals surface area contributed by atoms with E-state index in [2.05, 4.69) is 19.2 Å². The summed E-state index contributed by atoms with van der Waals surface area (Å²) in [5.74, 6) is 1.28. The normalized spacial score (nSPS) is 10.4. The zero-order valence-corrected chi connectivity index (χ0v) is 16.5. The van der Waals surface area contributed by atoms with Gasteiger partial charge in [-0.05, 0) is 49.2 Å². The van der Waals surface area contributed by atoms with Gasteiger partial charge < -0.3 is 14.8 Å². The van der Waals surface area contributed by atoms with Gasteiger partial charge in [0.05, 0.1) is 18.8 Å². The average molecular weight is 370 g/mol. The Bertz CT molecular complexity index is 682. The van der Waals surface area contributed by atoms with Gasteiger partial charge in [0.1, 0.15) is 11.5 Å². The minimum Gasteiger partial charge on any atom is -0.494 e. The molecule has 2 aromatic rings. The maximum Gasteiger partial charge on any atom is 0.259 e. The highest BCUT2D eigenvalue weighted by atomic mass is 16.5. The molecule has 0 fully saturated rings. The largest absolute Gasteiger partial charge is 0.494 e. The number of para-hydroxylation sites is 1. The molecule has 0 unspecified atom stereocenters. The van der Waals surface area contributed by atoms with Gasteiger partial charge in [-0.25, -0.2) is 0 Å². The number of unbranched alkanes of at least 4 members (excludes halogenated alkanes) is 4. The van der Waals surface area contributed by atoms with Crippen LogP contribution in [0.1, 0.15) is 62.7 Å². The second kappa shape index (κ2) is 12.0. The van der Waals surface area contributed by atoms with Crippen LogP contribution in [-0.4, -0.2) is 19.1 Å². The van der Waals surface area contributed by atoms with Crippen molar-refractivity contribution in [3.63, 3.8) is 0 Å². The van der Waals surface area contributed by atoms with E-state index in [0.29, 0.717) is 17.9 Å². The van der Waals surface area contributed by atoms with Gasteiger partial charge >= 0.3 is 0 Å². The van der Waals surface area contributed by atoms with Crippen LogP contribution >= 0.6 is 0 Å². The van der Waals surface area contributed by atoms with E-state index < -0.39 is 0 Å². The van der Waals surface area contributed by atoms with Crippen LogP contribution in [-0.2, 0) is 0 Å². The predicted octanol–water partition coefficient (Wildman–Crippen LogP) is 6.08. The van der Waals surface area contributed by atoms with Gasteiger partial charge in [0.2, 0.25) is 0 Å². The quantitative estimate of drug-likeness (QED) is 0.461. The predicted molar refractivity (Wildman–Crippen MR) is 111 cm³/mol. The molecule has 1 amide bonds. The third kappa shape index (κ3) is 7.33. The van der Waals surface area contributed by atoms with Crippen LogP contribution in [0.5, 0.6) is 11.5 Å². The molecule has 0 saturated heterocycles. The lowest BCUT2D eigenvalue weighted by atomic mass is 10.2. The maximum absolute atomic E-state index is 12.6. The highest BCUT2D eigenvalue weighted by molar-refractivity contribution is 6.06. The molecule has 0 aromatic heterocycles. The van der Waals surface area contributed by atoms with Gasteiger partial charge in [0, 0.05) is 5.69 Å². The Morgan fingerprint density at radius 2 is 1.52 bits per heavy atom. The smallest absolute Gasteiger partial charge is 0.259 e. The fourth-order valence-corrected chi connectivity index (χ4v) is 2.66. The molecule has 4 nitrogen and oxygen atoms in total. The van der Waals surface area contributed by atoms with Gasteiger partial charge in [0.25, 0.3) is 5.91 Å². The first kappa shape index (κ1) is 20.8. The zero-order valence-electron chi connectivity index (χ0n) is 16.5. The molecular formula is C23H31NO3. The highest BCUT2D eigenvalue weighted by Crippen LogP contribution is 2.21. The number of ether oxygens (including phenoxy) is 2. The summed E-state index contributed by atoms with van der Waals surface area (Å²) in [6.07, 6.45) is 6.77. The van der Waals surface area contributed by atoms with E-state index in [-0.39, 0.29) is 5.91 Å². The van der Waals surface area contributed by atoms with Crippen LogP contribution in [0.3, 0.4) is 0 Å². The SMILES string of the molecule is CCCCCCOc1ccc(NC(=O)c2ccccc2OCCCC)cc1. The lowest BCUT2D eigenvalue weighted by Gasteiger charge is -2.12. The summed E-state index contributed by atoms with van der Waals surface area (Å²) in [4.78, 5) is 12.6. The fraction of sp³-hybridized carbons (Fsp3) is 0.435. The van der Waals surface area contributed by atoms with Gasteiger partial charge in [-0.3, -0.25) is 4.79 Å². The Labute approximate surface area is 162 Å². The van der Waals surface area contributed by atoms with Crippen molar-refractivity contribution >= 4 is 11.6 Å². The van der Waals surface area contributed by atoms with Crippen LogP contribution in [0, 0.1) is 0 Å². The van der Waals surface area contributed by atoms with Gasteiger partial charge in [-0.2, -0.15) is 0 Å². The van der Waals surface area contributed by atoms with Crippen LogP contribution in [0.15, 0.2) is 48.5 Å². The third-order valence-corrected chi connectivity index (χ3v) is 4.27. The molecule has 2 rings (SSSR count). The first-order valence-electron chi connectivity index (χ1n) is 10.0. The number of hydrogen-bond acceptors (Lipinski definition) is 3. The van der Waals surface area contributed by atoms with Crippen LogP contribution < -0.4 is 14.8 Å². The average Bonchev–Trinajstić information content (AvgIpc) is 2.69. The van der Waals surface area contributed by atoms with Crippen molar-refractivity contribution in [1.29, 1.82) is 0 Å². The molecule has 27 heavy (non-hydrogen) atoms. The Morgan fingerprint density at radius 1 is 0.815 bits per heavy atom. The monoisotopic (exact) mass is 369 g/mol. The highest BCUT2D eigenvalue weighted by Gasteiger charge is 2.12. The topological polar surface area (TPSA) is 47.6 Å². The lowest BCUT2D eigenvalue weighted by Crippen LogP contribution is -2.14. The Kier molecular flexibility index (Phi) is 9.25. The van der Waals surface area contributed by atoms with Gasteiger partial charge in [-0.1, -0.05) is 51.7 Å². The maximum atomic E-state index is 12.6. The molecule has 0 radical (unpaired) electrons. The molecule has 0 saturated carbocycles.